The van der Waals surface area contributed by atoms with Crippen LogP contribution in [0.2, 0.25) is 0 Å². The summed E-state index contributed by atoms with van der Waals surface area (Å²) in [5, 5.41) is 8.45. The molecule has 3 nitrogen and oxygen atoms in total. The molecule has 0 radical (unpaired) electrons. The fourth-order valence-corrected chi connectivity index (χ4v) is 3.49. The monoisotopic (exact) mass is 410 g/mol. The van der Waals surface area contributed by atoms with E-state index in [2.05, 4.69) is 11.7 Å². The van der Waals surface area contributed by atoms with Crippen molar-refractivity contribution in [2.45, 2.75) is 135 Å². The van der Waals surface area contributed by atoms with Crippen molar-refractivity contribution < 1.29 is 67.4 Å². The molecule has 0 aliphatic carbocycles. The minimum atomic E-state index is -0.488. The Morgan fingerprint density at radius 2 is 0.926 bits per heavy atom. The number of carbonyl (C=O) groups is 1. The van der Waals surface area contributed by atoms with Gasteiger partial charge in [-0.3, -0.25) is 4.79 Å². The number of rotatable bonds is 21. The maximum absolute atomic E-state index is 11.0. The van der Waals surface area contributed by atoms with Crippen molar-refractivity contribution in [2.75, 3.05) is 6.79 Å². The van der Waals surface area contributed by atoms with Crippen LogP contribution in [0.3, 0.4) is 0 Å². The molecule has 0 aromatic heterocycles. The summed E-state index contributed by atoms with van der Waals surface area (Å²) in [6, 6.07) is 0. The average molecular weight is 411 g/mol. The molecule has 0 aromatic carbocycles. The first-order chi connectivity index (χ1) is 12.8. The van der Waals surface area contributed by atoms with Crippen LogP contribution < -0.4 is 51.4 Å². The number of esters is 1. The maximum Gasteiger partial charge on any atom is 1.00 e. The zero-order valence-corrected chi connectivity index (χ0v) is 21.7. The summed E-state index contributed by atoms with van der Waals surface area (Å²) in [6.45, 7) is 1.79. The van der Waals surface area contributed by atoms with Crippen LogP contribution in [-0.4, -0.2) is 17.9 Å². The van der Waals surface area contributed by atoms with Crippen molar-refractivity contribution in [3.8, 4) is 0 Å². The Kier molecular flexibility index (Phi) is 30.3. The van der Waals surface area contributed by atoms with Crippen molar-refractivity contribution in [3.63, 3.8) is 0 Å². The molecule has 27 heavy (non-hydrogen) atoms. The van der Waals surface area contributed by atoms with Crippen LogP contribution in [0.25, 0.3) is 0 Å². The van der Waals surface area contributed by atoms with E-state index in [-0.39, 0.29) is 58.8 Å². The number of hydrogen-bond acceptors (Lipinski definition) is 3. The summed E-state index contributed by atoms with van der Waals surface area (Å²) in [5.41, 5.74) is 0. The zero-order valence-electron chi connectivity index (χ0n) is 19.6. The van der Waals surface area contributed by atoms with E-state index in [1.807, 2.05) is 0 Å². The summed E-state index contributed by atoms with van der Waals surface area (Å²) in [7, 11) is 0. The van der Waals surface area contributed by atoms with Crippen LogP contribution in [0.1, 0.15) is 137 Å². The van der Waals surface area contributed by atoms with E-state index in [1.165, 1.54) is 109 Å². The Morgan fingerprint density at radius 1 is 0.630 bits per heavy atom. The van der Waals surface area contributed by atoms with Crippen molar-refractivity contribution in [2.24, 2.45) is 0 Å². The molecule has 0 heterocycles. The van der Waals surface area contributed by atoms with Crippen LogP contribution >= 0.6 is 0 Å². The Bertz CT molecular complexity index is 291. The van der Waals surface area contributed by atoms with Crippen LogP contribution in [0.15, 0.2) is 0 Å². The first kappa shape index (κ1) is 30.3. The second-order valence-corrected chi connectivity index (χ2v) is 7.76. The van der Waals surface area contributed by atoms with Gasteiger partial charge in [-0.25, -0.2) is 0 Å². The minimum Gasteiger partial charge on any atom is -1.00 e. The van der Waals surface area contributed by atoms with E-state index in [0.29, 0.717) is 6.42 Å². The van der Waals surface area contributed by atoms with E-state index in [0.717, 1.165) is 12.8 Å². The largest absolute Gasteiger partial charge is 1.00 e. The van der Waals surface area contributed by atoms with E-state index < -0.39 is 6.79 Å². The Morgan fingerprint density at radius 3 is 1.22 bits per heavy atom. The van der Waals surface area contributed by atoms with E-state index >= 15 is 0 Å². The molecule has 0 bridgehead atoms. The summed E-state index contributed by atoms with van der Waals surface area (Å²) in [6.07, 6.45) is 26.2. The molecule has 0 rings (SSSR count). The summed E-state index contributed by atoms with van der Waals surface area (Å²) in [4.78, 5) is 11.0. The number of ether oxygens (including phenoxy) is 1. The summed E-state index contributed by atoms with van der Waals surface area (Å²) < 4.78 is 4.50. The topological polar surface area (TPSA) is 46.5 Å². The molecule has 0 amide bonds. The van der Waals surface area contributed by atoms with Gasteiger partial charge in [0.05, 0.1) is 0 Å². The molecule has 0 aliphatic heterocycles. The number of unbranched alkanes of at least 4 members (excludes halogenated alkanes) is 18. The fraction of sp³-hybridized carbons (Fsp3) is 0.957. The van der Waals surface area contributed by atoms with Gasteiger partial charge in [-0.2, -0.15) is 0 Å². The van der Waals surface area contributed by atoms with Gasteiger partial charge in [0.2, 0.25) is 0 Å². The van der Waals surface area contributed by atoms with Gasteiger partial charge in [0, 0.05) is 6.42 Å². The number of aliphatic hydroxyl groups excluding tert-OH is 1. The molecule has 0 fully saturated rings. The predicted octanol–water partition coefficient (Wildman–Crippen LogP) is 4.42. The zero-order chi connectivity index (χ0) is 19.1. The van der Waals surface area contributed by atoms with E-state index in [9.17, 15) is 4.79 Å². The van der Waals surface area contributed by atoms with Gasteiger partial charge in [0.15, 0.2) is 6.79 Å². The standard InChI is InChI=1S/C23H46O3.K.H/c1-2-3-4-5-6-7-8-9-10-11-12-13-14-15-16-17-18-19-20-21-23(25)26-22-24;;/h24H,2-22H2,1H3;;/q;+1;-1. The van der Waals surface area contributed by atoms with Gasteiger partial charge < -0.3 is 11.3 Å². The molecule has 0 saturated carbocycles. The first-order valence-corrected chi connectivity index (χ1v) is 11.6. The second-order valence-electron chi connectivity index (χ2n) is 7.76. The number of hydrogen-bond donors (Lipinski definition) is 1. The molecule has 0 atom stereocenters. The number of carbonyl (C=O) groups excluding carboxylic acids is 1. The van der Waals surface area contributed by atoms with Gasteiger partial charge in [-0.1, -0.05) is 122 Å². The summed E-state index contributed by atoms with van der Waals surface area (Å²) >= 11 is 0. The Balaban J connectivity index is -0.00000312. The number of aliphatic hydroxyl groups is 1. The Hall–Kier alpha value is 1.07. The first-order valence-electron chi connectivity index (χ1n) is 11.6. The van der Waals surface area contributed by atoms with Crippen LogP contribution in [0, 0.1) is 0 Å². The van der Waals surface area contributed by atoms with Crippen molar-refractivity contribution in [1.29, 1.82) is 0 Å². The third kappa shape index (κ3) is 27.1. The molecule has 0 spiro atoms. The second kappa shape index (κ2) is 27.1. The molecule has 4 heteroatoms. The molecular weight excluding hydrogens is 363 g/mol. The summed E-state index contributed by atoms with van der Waals surface area (Å²) in [5.74, 6) is -0.278. The maximum atomic E-state index is 11.0. The normalized spacial score (nSPS) is 10.6. The van der Waals surface area contributed by atoms with Crippen molar-refractivity contribution in [1.82, 2.24) is 0 Å². The van der Waals surface area contributed by atoms with E-state index in [4.69, 9.17) is 5.11 Å². The van der Waals surface area contributed by atoms with Crippen molar-refractivity contribution >= 4 is 5.97 Å². The van der Waals surface area contributed by atoms with Crippen LogP contribution in [0.5, 0.6) is 0 Å². The SMILES string of the molecule is CCCCCCCCCCCCCCCCCCCCCC(=O)OCO.[H-].[K+]. The predicted molar refractivity (Wildman–Crippen MR) is 112 cm³/mol. The minimum absolute atomic E-state index is 0. The molecule has 0 aliphatic rings. The van der Waals surface area contributed by atoms with Gasteiger partial charge in [0.25, 0.3) is 0 Å². The molecule has 1 N–H and O–H groups in total. The smallest absolute Gasteiger partial charge is 1.00 e. The average Bonchev–Trinajstić information content (AvgIpc) is 2.64. The van der Waals surface area contributed by atoms with Crippen LogP contribution in [-0.2, 0) is 9.53 Å². The van der Waals surface area contributed by atoms with Gasteiger partial charge >= 0.3 is 57.4 Å². The van der Waals surface area contributed by atoms with Crippen molar-refractivity contribution in [3.05, 3.63) is 0 Å². The third-order valence-corrected chi connectivity index (χ3v) is 5.21. The van der Waals surface area contributed by atoms with E-state index in [1.54, 1.807) is 0 Å². The van der Waals surface area contributed by atoms with Gasteiger partial charge in [-0.05, 0) is 6.42 Å². The quantitative estimate of drug-likeness (QED) is 0.132. The van der Waals surface area contributed by atoms with Gasteiger partial charge in [-0.15, -0.1) is 0 Å². The molecular formula is C23H47KO3. The van der Waals surface area contributed by atoms with Crippen LogP contribution in [0.4, 0.5) is 0 Å². The molecule has 0 saturated heterocycles. The molecule has 0 aromatic rings. The Labute approximate surface area is 213 Å². The third-order valence-electron chi connectivity index (χ3n) is 5.21. The molecule has 158 valence electrons. The van der Waals surface area contributed by atoms with Gasteiger partial charge in [0.1, 0.15) is 0 Å². The molecule has 0 unspecified atom stereocenters. The fourth-order valence-electron chi connectivity index (χ4n) is 3.49.